The standard InChI is InChI=1S/C21H21N3O6S2/c25-20-19(21(26)24-7-1-2-8-24)31-18-6-4-14(10-15(18)23-20)32(27,28)22-11-13-3-5-16-17(9-13)30-12-29-16/h3-6,9-10,19,22H,1-2,7-8,11-12H2,(H,23,25). The number of sulfonamides is 1. The Hall–Kier alpha value is -2.76. The molecule has 1 unspecified atom stereocenters. The molecule has 9 nitrogen and oxygen atoms in total. The van der Waals surface area contributed by atoms with E-state index in [0.29, 0.717) is 35.2 Å². The highest BCUT2D eigenvalue weighted by Gasteiger charge is 2.37. The second kappa shape index (κ2) is 8.30. The van der Waals surface area contributed by atoms with Crippen molar-refractivity contribution in [3.8, 4) is 11.5 Å². The number of ether oxygens (including phenoxy) is 2. The van der Waals surface area contributed by atoms with Crippen molar-refractivity contribution in [1.82, 2.24) is 9.62 Å². The Bertz CT molecular complexity index is 1190. The van der Waals surface area contributed by atoms with Crippen LogP contribution in [0.1, 0.15) is 18.4 Å². The van der Waals surface area contributed by atoms with Crippen LogP contribution in [-0.4, -0.2) is 50.3 Å². The zero-order valence-electron chi connectivity index (χ0n) is 17.0. The summed E-state index contributed by atoms with van der Waals surface area (Å²) in [6.45, 7) is 1.56. The molecular weight excluding hydrogens is 454 g/mol. The summed E-state index contributed by atoms with van der Waals surface area (Å²) in [6, 6.07) is 9.74. The van der Waals surface area contributed by atoms with Gasteiger partial charge in [-0.3, -0.25) is 9.59 Å². The van der Waals surface area contributed by atoms with Crippen molar-refractivity contribution >= 4 is 39.3 Å². The highest BCUT2D eigenvalue weighted by atomic mass is 32.2. The molecule has 0 spiro atoms. The van der Waals surface area contributed by atoms with Crippen molar-refractivity contribution in [3.63, 3.8) is 0 Å². The number of rotatable bonds is 5. The number of hydrogen-bond acceptors (Lipinski definition) is 7. The Morgan fingerprint density at radius 2 is 1.91 bits per heavy atom. The Morgan fingerprint density at radius 1 is 1.12 bits per heavy atom. The number of nitrogens with one attached hydrogen (secondary N) is 2. The van der Waals surface area contributed by atoms with Crippen LogP contribution in [0.2, 0.25) is 0 Å². The fourth-order valence-electron chi connectivity index (χ4n) is 3.83. The van der Waals surface area contributed by atoms with Crippen molar-refractivity contribution in [1.29, 1.82) is 0 Å². The molecule has 1 atom stereocenters. The summed E-state index contributed by atoms with van der Waals surface area (Å²) in [4.78, 5) is 27.6. The quantitative estimate of drug-likeness (QED) is 0.635. The van der Waals surface area contributed by atoms with Crippen molar-refractivity contribution in [3.05, 3.63) is 42.0 Å². The number of anilines is 1. The molecule has 1 fully saturated rings. The van der Waals surface area contributed by atoms with E-state index < -0.39 is 21.2 Å². The molecule has 0 aliphatic carbocycles. The van der Waals surface area contributed by atoms with Crippen LogP contribution in [0.15, 0.2) is 46.2 Å². The van der Waals surface area contributed by atoms with Crippen LogP contribution in [0.3, 0.4) is 0 Å². The smallest absolute Gasteiger partial charge is 0.247 e. The maximum absolute atomic E-state index is 12.8. The van der Waals surface area contributed by atoms with Gasteiger partial charge in [0.05, 0.1) is 10.6 Å². The van der Waals surface area contributed by atoms with E-state index in [1.165, 1.54) is 12.1 Å². The number of nitrogens with zero attached hydrogens (tertiary/aromatic N) is 1. The van der Waals surface area contributed by atoms with Crippen molar-refractivity contribution in [2.75, 3.05) is 25.2 Å². The van der Waals surface area contributed by atoms with Gasteiger partial charge in [-0.25, -0.2) is 13.1 Å². The topological polar surface area (TPSA) is 114 Å². The molecule has 3 heterocycles. The van der Waals surface area contributed by atoms with E-state index in [-0.39, 0.29) is 24.1 Å². The van der Waals surface area contributed by atoms with E-state index in [0.717, 1.165) is 30.2 Å². The van der Waals surface area contributed by atoms with Gasteiger partial charge >= 0.3 is 0 Å². The zero-order valence-corrected chi connectivity index (χ0v) is 18.6. The molecule has 11 heteroatoms. The van der Waals surface area contributed by atoms with Gasteiger partial charge in [0, 0.05) is 24.5 Å². The summed E-state index contributed by atoms with van der Waals surface area (Å²) < 4.78 is 38.7. The molecule has 32 heavy (non-hydrogen) atoms. The minimum atomic E-state index is -3.82. The number of carbonyl (C=O) groups is 2. The largest absolute Gasteiger partial charge is 0.454 e. The molecule has 2 aromatic carbocycles. The lowest BCUT2D eigenvalue weighted by molar-refractivity contribution is -0.133. The molecule has 3 aliphatic heterocycles. The number of carbonyl (C=O) groups excluding carboxylic acids is 2. The molecule has 2 aromatic rings. The van der Waals surface area contributed by atoms with E-state index >= 15 is 0 Å². The minimum Gasteiger partial charge on any atom is -0.454 e. The van der Waals surface area contributed by atoms with E-state index in [2.05, 4.69) is 10.0 Å². The normalized spacial score (nSPS) is 19.6. The molecule has 2 amide bonds. The molecular formula is C21H21N3O6S2. The van der Waals surface area contributed by atoms with Crippen molar-refractivity contribution in [2.45, 2.75) is 34.4 Å². The van der Waals surface area contributed by atoms with Crippen LogP contribution in [0, 0.1) is 0 Å². The number of benzene rings is 2. The fourth-order valence-corrected chi connectivity index (χ4v) is 5.93. The Labute approximate surface area is 189 Å². The molecule has 3 aliphatic rings. The number of hydrogen-bond donors (Lipinski definition) is 2. The summed E-state index contributed by atoms with van der Waals surface area (Å²) in [5.74, 6) is 0.578. The van der Waals surface area contributed by atoms with Crippen LogP contribution in [0.4, 0.5) is 5.69 Å². The first-order valence-corrected chi connectivity index (χ1v) is 12.6. The zero-order chi connectivity index (χ0) is 22.3. The molecule has 0 aromatic heterocycles. The Kier molecular flexibility index (Phi) is 5.48. The highest BCUT2D eigenvalue weighted by molar-refractivity contribution is 8.01. The van der Waals surface area contributed by atoms with Gasteiger partial charge in [0.2, 0.25) is 28.6 Å². The molecule has 0 radical (unpaired) electrons. The maximum atomic E-state index is 12.8. The summed E-state index contributed by atoms with van der Waals surface area (Å²) in [5, 5.41) is 1.84. The van der Waals surface area contributed by atoms with Gasteiger partial charge in [-0.2, -0.15) is 0 Å². The van der Waals surface area contributed by atoms with Crippen LogP contribution in [-0.2, 0) is 26.2 Å². The SMILES string of the molecule is O=C1Nc2cc(S(=O)(=O)NCc3ccc4c(c3)OCO4)ccc2SC1C(=O)N1CCCC1. The van der Waals surface area contributed by atoms with E-state index in [1.807, 2.05) is 0 Å². The molecule has 5 rings (SSSR count). The third-order valence-corrected chi connectivity index (χ3v) is 8.21. The lowest BCUT2D eigenvalue weighted by Crippen LogP contribution is -2.43. The lowest BCUT2D eigenvalue weighted by atomic mass is 10.2. The van der Waals surface area contributed by atoms with E-state index in [4.69, 9.17) is 9.47 Å². The first-order valence-electron chi connectivity index (χ1n) is 10.2. The molecule has 2 N–H and O–H groups in total. The summed E-state index contributed by atoms with van der Waals surface area (Å²) in [7, 11) is -3.82. The van der Waals surface area contributed by atoms with Gasteiger partial charge in [-0.1, -0.05) is 6.07 Å². The first kappa shape index (κ1) is 21.1. The van der Waals surface area contributed by atoms with E-state index in [1.54, 1.807) is 29.2 Å². The molecule has 0 saturated carbocycles. The predicted molar refractivity (Wildman–Crippen MR) is 117 cm³/mol. The molecule has 168 valence electrons. The second-order valence-corrected chi connectivity index (χ2v) is 10.6. The first-order chi connectivity index (χ1) is 15.4. The summed E-state index contributed by atoms with van der Waals surface area (Å²) in [5.41, 5.74) is 1.11. The number of thioether (sulfide) groups is 1. The van der Waals surface area contributed by atoms with E-state index in [9.17, 15) is 18.0 Å². The van der Waals surface area contributed by atoms with Crippen LogP contribution in [0.5, 0.6) is 11.5 Å². The monoisotopic (exact) mass is 475 g/mol. The third kappa shape index (κ3) is 4.03. The van der Waals surface area contributed by atoms with Crippen LogP contribution < -0.4 is 19.5 Å². The van der Waals surface area contributed by atoms with Gasteiger partial charge in [0.25, 0.3) is 0 Å². The summed E-state index contributed by atoms with van der Waals surface area (Å²) >= 11 is 1.16. The van der Waals surface area contributed by atoms with Crippen LogP contribution in [0.25, 0.3) is 0 Å². The van der Waals surface area contributed by atoms with Gasteiger partial charge in [0.1, 0.15) is 0 Å². The van der Waals surface area contributed by atoms with Gasteiger partial charge in [-0.05, 0) is 48.7 Å². The van der Waals surface area contributed by atoms with Crippen LogP contribution >= 0.6 is 11.8 Å². The molecule has 1 saturated heterocycles. The van der Waals surface area contributed by atoms with Gasteiger partial charge < -0.3 is 19.7 Å². The summed E-state index contributed by atoms with van der Waals surface area (Å²) in [6.07, 6.45) is 1.89. The third-order valence-electron chi connectivity index (χ3n) is 5.55. The number of fused-ring (bicyclic) bond motifs is 2. The van der Waals surface area contributed by atoms with Crippen molar-refractivity contribution in [2.24, 2.45) is 0 Å². The average molecular weight is 476 g/mol. The Balaban J connectivity index is 1.29. The number of amides is 2. The minimum absolute atomic E-state index is 0.0298. The fraction of sp³-hybridized carbons (Fsp3) is 0.333. The Morgan fingerprint density at radius 3 is 2.72 bits per heavy atom. The van der Waals surface area contributed by atoms with Crippen molar-refractivity contribution < 1.29 is 27.5 Å². The maximum Gasteiger partial charge on any atom is 0.247 e. The predicted octanol–water partition coefficient (Wildman–Crippen LogP) is 1.93. The highest BCUT2D eigenvalue weighted by Crippen LogP contribution is 2.38. The number of likely N-dealkylation sites (tertiary alicyclic amines) is 1. The van der Waals surface area contributed by atoms with Gasteiger partial charge in [0.15, 0.2) is 16.7 Å². The lowest BCUT2D eigenvalue weighted by Gasteiger charge is -2.27. The van der Waals surface area contributed by atoms with Gasteiger partial charge in [-0.15, -0.1) is 11.8 Å². The average Bonchev–Trinajstić information content (AvgIpc) is 3.48. The second-order valence-electron chi connectivity index (χ2n) is 7.69. The molecule has 0 bridgehead atoms.